The number of hydrogen-bond acceptors (Lipinski definition) is 7. The minimum atomic E-state index is -0.313. The number of nitrogens with one attached hydrogen (secondary N) is 2. The molecule has 0 bridgehead atoms. The van der Waals surface area contributed by atoms with E-state index in [0.29, 0.717) is 12.2 Å². The van der Waals surface area contributed by atoms with E-state index in [2.05, 4.69) is 58.6 Å². The van der Waals surface area contributed by atoms with Gasteiger partial charge in [-0.1, -0.05) is 57.2 Å². The third-order valence-electron chi connectivity index (χ3n) is 9.07. The van der Waals surface area contributed by atoms with Gasteiger partial charge in [-0.15, -0.1) is 10.2 Å². The third kappa shape index (κ3) is 6.40. The normalized spacial score (nSPS) is 18.2. The number of amides is 2. The van der Waals surface area contributed by atoms with Crippen LogP contribution in [-0.4, -0.2) is 48.6 Å². The molecule has 4 heterocycles. The second-order valence-electron chi connectivity index (χ2n) is 13.5. The zero-order valence-corrected chi connectivity index (χ0v) is 27.2. The quantitative estimate of drug-likeness (QED) is 0.188. The number of nitrogens with zero attached hydrogens (tertiary/aromatic N) is 6. The van der Waals surface area contributed by atoms with Gasteiger partial charge in [-0.2, -0.15) is 5.10 Å². The molecule has 0 spiro atoms. The second-order valence-corrected chi connectivity index (χ2v) is 13.5. The van der Waals surface area contributed by atoms with Crippen molar-refractivity contribution in [1.29, 1.82) is 0 Å². The summed E-state index contributed by atoms with van der Waals surface area (Å²) in [5.41, 5.74) is 5.05. The number of pyridine rings is 1. The van der Waals surface area contributed by atoms with Crippen molar-refractivity contribution in [3.8, 4) is 11.4 Å². The summed E-state index contributed by atoms with van der Waals surface area (Å²) in [6.45, 7) is 8.16. The van der Waals surface area contributed by atoms with Gasteiger partial charge in [0.25, 0.3) is 0 Å². The van der Waals surface area contributed by atoms with Crippen molar-refractivity contribution >= 4 is 23.4 Å². The number of carbonyl (C=O) groups excluding carboxylic acids is 1. The zero-order chi connectivity index (χ0) is 32.5. The Hall–Kier alpha value is -4.90. The van der Waals surface area contributed by atoms with Gasteiger partial charge < -0.3 is 20.1 Å². The Labute approximate surface area is 274 Å². The Kier molecular flexibility index (Phi) is 8.31. The molecule has 11 heteroatoms. The van der Waals surface area contributed by atoms with E-state index < -0.39 is 0 Å². The highest BCUT2D eigenvalue weighted by Gasteiger charge is 2.30. The fourth-order valence-corrected chi connectivity index (χ4v) is 6.56. The maximum atomic E-state index is 13.5. The maximum Gasteiger partial charge on any atom is 0.320 e. The van der Waals surface area contributed by atoms with Crippen LogP contribution in [0.25, 0.3) is 11.3 Å². The van der Waals surface area contributed by atoms with Crippen LogP contribution >= 0.6 is 0 Å². The summed E-state index contributed by atoms with van der Waals surface area (Å²) in [5, 5.41) is 29.6. The molecule has 47 heavy (non-hydrogen) atoms. The zero-order valence-electron chi connectivity index (χ0n) is 27.2. The topological polar surface area (TPSA) is 122 Å². The van der Waals surface area contributed by atoms with Crippen LogP contribution in [0.4, 0.5) is 16.6 Å². The van der Waals surface area contributed by atoms with Crippen LogP contribution in [0.2, 0.25) is 0 Å². The molecular weight excluding hydrogens is 592 g/mol. The molecule has 1 unspecified atom stereocenters. The van der Waals surface area contributed by atoms with Gasteiger partial charge in [0, 0.05) is 24.6 Å². The minimum absolute atomic E-state index is 0.0781. The van der Waals surface area contributed by atoms with E-state index in [0.717, 1.165) is 77.8 Å². The first-order valence-corrected chi connectivity index (χ1v) is 16.5. The summed E-state index contributed by atoms with van der Waals surface area (Å²) in [6, 6.07) is 21.0. The standard InChI is InChI=1S/C36H42N8O3/c1-36(2,3)31-21-33(44(41-31)25-11-9-10-24(20-25)23-45)38-34(46)37-29-15-16-30(28-13-6-5-12-27(28)29)47-26-14-17-32-39-40-35(43(32)22-26)42-18-7-4-8-19-42/h5-6,9-14,17,20-22,29-30,45H,4,7-8,15-16,18-19,23H2,1-3H3,(H2,37,38,46)/t29-,30?/m0/s1. The first-order chi connectivity index (χ1) is 22.8. The monoisotopic (exact) mass is 634 g/mol. The number of fused-ring (bicyclic) bond motifs is 2. The summed E-state index contributed by atoms with van der Waals surface area (Å²) >= 11 is 0. The smallest absolute Gasteiger partial charge is 0.320 e. The van der Waals surface area contributed by atoms with Crippen LogP contribution in [0, 0.1) is 0 Å². The molecule has 244 valence electrons. The molecule has 1 saturated heterocycles. The highest BCUT2D eigenvalue weighted by atomic mass is 16.5. The molecule has 2 atom stereocenters. The molecule has 7 rings (SSSR count). The molecule has 1 fully saturated rings. The lowest BCUT2D eigenvalue weighted by Crippen LogP contribution is -2.36. The number of rotatable bonds is 7. The fourth-order valence-electron chi connectivity index (χ4n) is 6.56. The van der Waals surface area contributed by atoms with Gasteiger partial charge in [-0.25, -0.2) is 9.48 Å². The molecule has 0 radical (unpaired) electrons. The van der Waals surface area contributed by atoms with E-state index in [-0.39, 0.29) is 30.2 Å². The van der Waals surface area contributed by atoms with Gasteiger partial charge >= 0.3 is 6.03 Å². The number of piperidine rings is 1. The SMILES string of the molecule is CC(C)(C)c1cc(NC(=O)N[C@H]2CCC(Oc3ccc4nnc(N5CCCCC5)n4c3)c3ccccc32)n(-c2cccc(CO)c2)n1. The largest absolute Gasteiger partial charge is 0.484 e. The molecule has 1 aliphatic carbocycles. The predicted molar refractivity (Wildman–Crippen MR) is 181 cm³/mol. The number of aliphatic hydroxyl groups excluding tert-OH is 1. The van der Waals surface area contributed by atoms with Crippen molar-refractivity contribution in [3.63, 3.8) is 0 Å². The highest BCUT2D eigenvalue weighted by Crippen LogP contribution is 2.39. The maximum absolute atomic E-state index is 13.5. The summed E-state index contributed by atoms with van der Waals surface area (Å²) < 4.78 is 10.4. The second kappa shape index (κ2) is 12.7. The van der Waals surface area contributed by atoms with Crippen molar-refractivity contribution in [2.45, 2.75) is 77.0 Å². The lowest BCUT2D eigenvalue weighted by atomic mass is 9.85. The van der Waals surface area contributed by atoms with Crippen LogP contribution in [-0.2, 0) is 12.0 Å². The summed E-state index contributed by atoms with van der Waals surface area (Å²) in [7, 11) is 0. The van der Waals surface area contributed by atoms with E-state index in [1.165, 1.54) is 6.42 Å². The number of hydrogen-bond donors (Lipinski definition) is 3. The van der Waals surface area contributed by atoms with Crippen LogP contribution in [0.5, 0.6) is 5.75 Å². The number of aromatic nitrogens is 5. The lowest BCUT2D eigenvalue weighted by Gasteiger charge is -2.32. The number of anilines is 2. The molecule has 11 nitrogen and oxygen atoms in total. The summed E-state index contributed by atoms with van der Waals surface area (Å²) in [6.07, 6.45) is 6.87. The van der Waals surface area contributed by atoms with Crippen molar-refractivity contribution in [1.82, 2.24) is 29.7 Å². The Bertz CT molecular complexity index is 1880. The fraction of sp³-hybridized carbons (Fsp3) is 0.389. The third-order valence-corrected chi connectivity index (χ3v) is 9.07. The Morgan fingerprint density at radius 2 is 1.77 bits per heavy atom. The van der Waals surface area contributed by atoms with Gasteiger partial charge in [0.15, 0.2) is 5.65 Å². The molecular formula is C36H42N8O3. The average Bonchev–Trinajstić information content (AvgIpc) is 3.71. The molecule has 2 aromatic carbocycles. The van der Waals surface area contributed by atoms with Crippen LogP contribution in [0.3, 0.4) is 0 Å². The Morgan fingerprint density at radius 1 is 0.957 bits per heavy atom. The van der Waals surface area contributed by atoms with E-state index in [4.69, 9.17) is 9.84 Å². The molecule has 2 amide bonds. The van der Waals surface area contributed by atoms with E-state index >= 15 is 0 Å². The Morgan fingerprint density at radius 3 is 2.55 bits per heavy atom. The summed E-state index contributed by atoms with van der Waals surface area (Å²) in [5.74, 6) is 2.18. The lowest BCUT2D eigenvalue weighted by molar-refractivity contribution is 0.171. The summed E-state index contributed by atoms with van der Waals surface area (Å²) in [4.78, 5) is 15.8. The molecule has 3 aromatic heterocycles. The van der Waals surface area contributed by atoms with Crippen molar-refractivity contribution in [2.75, 3.05) is 23.3 Å². The molecule has 2 aliphatic rings. The van der Waals surface area contributed by atoms with Crippen LogP contribution in [0.1, 0.15) is 87.4 Å². The number of ether oxygens (including phenoxy) is 1. The van der Waals surface area contributed by atoms with Gasteiger partial charge in [0.05, 0.1) is 30.2 Å². The molecule has 1 aliphatic heterocycles. The van der Waals surface area contributed by atoms with Crippen molar-refractivity contribution in [3.05, 3.63) is 95.3 Å². The van der Waals surface area contributed by atoms with E-state index in [9.17, 15) is 9.90 Å². The van der Waals surface area contributed by atoms with Gasteiger partial charge in [-0.3, -0.25) is 9.72 Å². The highest BCUT2D eigenvalue weighted by molar-refractivity contribution is 5.89. The predicted octanol–water partition coefficient (Wildman–Crippen LogP) is 6.47. The molecule has 5 aromatic rings. The minimum Gasteiger partial charge on any atom is -0.484 e. The molecule has 0 saturated carbocycles. The van der Waals surface area contributed by atoms with E-state index in [1.807, 2.05) is 65.2 Å². The first kappa shape index (κ1) is 30.7. The van der Waals surface area contributed by atoms with Crippen molar-refractivity contribution in [2.24, 2.45) is 0 Å². The number of benzene rings is 2. The van der Waals surface area contributed by atoms with Crippen LogP contribution in [0.15, 0.2) is 72.9 Å². The van der Waals surface area contributed by atoms with Gasteiger partial charge in [0.2, 0.25) is 5.95 Å². The first-order valence-electron chi connectivity index (χ1n) is 16.5. The Balaban J connectivity index is 1.09. The van der Waals surface area contributed by atoms with Gasteiger partial charge in [0.1, 0.15) is 17.7 Å². The van der Waals surface area contributed by atoms with Crippen LogP contribution < -0.4 is 20.3 Å². The van der Waals surface area contributed by atoms with Gasteiger partial charge in [-0.05, 0) is 73.1 Å². The average molecular weight is 635 g/mol. The van der Waals surface area contributed by atoms with E-state index in [1.54, 1.807) is 4.68 Å². The number of urea groups is 1. The number of carbonyl (C=O) groups is 1. The van der Waals surface area contributed by atoms with Crippen molar-refractivity contribution < 1.29 is 14.6 Å². The molecule has 3 N–H and O–H groups in total. The number of aliphatic hydroxyl groups is 1.